The Bertz CT molecular complexity index is 644. The lowest BCUT2D eigenvalue weighted by atomic mass is 10.0. The van der Waals surface area contributed by atoms with Gasteiger partial charge in [0.2, 0.25) is 5.76 Å². The maximum atomic E-state index is 12.4. The molecule has 3 rings (SSSR count). The standard InChI is InChI=1S/C15H20N4O2/c1-9(2)12-6-13(21-18-12)15(20)19-5-4-11(8-19)14-10(3)7-16-17-14/h6-7,9,11H,4-5,8H2,1-3H3,(H,16,17). The monoisotopic (exact) mass is 288 g/mol. The molecular weight excluding hydrogens is 268 g/mol. The second-order valence-electron chi connectivity index (χ2n) is 5.97. The number of nitrogens with zero attached hydrogens (tertiary/aromatic N) is 3. The lowest BCUT2D eigenvalue weighted by Crippen LogP contribution is -2.28. The molecule has 1 aliphatic rings. The van der Waals surface area contributed by atoms with Crippen LogP contribution in [0.3, 0.4) is 0 Å². The maximum Gasteiger partial charge on any atom is 0.292 e. The molecular formula is C15H20N4O2. The van der Waals surface area contributed by atoms with E-state index >= 15 is 0 Å². The Morgan fingerprint density at radius 2 is 2.33 bits per heavy atom. The number of nitrogens with one attached hydrogen (secondary N) is 1. The number of H-pyrrole nitrogens is 1. The number of likely N-dealkylation sites (tertiary alicyclic amines) is 1. The number of hydrogen-bond donors (Lipinski definition) is 1. The van der Waals surface area contributed by atoms with E-state index in [1.165, 1.54) is 0 Å². The van der Waals surface area contributed by atoms with E-state index in [1.54, 1.807) is 6.07 Å². The summed E-state index contributed by atoms with van der Waals surface area (Å²) in [5.74, 6) is 0.841. The molecule has 1 saturated heterocycles. The van der Waals surface area contributed by atoms with Crippen LogP contribution in [-0.4, -0.2) is 39.3 Å². The molecule has 3 heterocycles. The van der Waals surface area contributed by atoms with E-state index < -0.39 is 0 Å². The number of carbonyl (C=O) groups excluding carboxylic acids is 1. The molecule has 0 spiro atoms. The van der Waals surface area contributed by atoms with Crippen molar-refractivity contribution < 1.29 is 9.32 Å². The van der Waals surface area contributed by atoms with Crippen LogP contribution in [-0.2, 0) is 0 Å². The van der Waals surface area contributed by atoms with Crippen molar-refractivity contribution in [3.8, 4) is 0 Å². The number of aromatic nitrogens is 3. The molecule has 1 fully saturated rings. The van der Waals surface area contributed by atoms with Gasteiger partial charge in [-0.3, -0.25) is 9.89 Å². The molecule has 1 unspecified atom stereocenters. The Hall–Kier alpha value is -2.11. The number of aryl methyl sites for hydroxylation is 1. The molecule has 21 heavy (non-hydrogen) atoms. The topological polar surface area (TPSA) is 75.0 Å². The predicted octanol–water partition coefficient (Wildman–Crippen LogP) is 2.46. The van der Waals surface area contributed by atoms with E-state index in [1.807, 2.05) is 31.9 Å². The van der Waals surface area contributed by atoms with Gasteiger partial charge in [-0.1, -0.05) is 19.0 Å². The van der Waals surface area contributed by atoms with E-state index in [9.17, 15) is 4.79 Å². The number of rotatable bonds is 3. The largest absolute Gasteiger partial charge is 0.351 e. The lowest BCUT2D eigenvalue weighted by molar-refractivity contribution is 0.0749. The van der Waals surface area contributed by atoms with Crippen LogP contribution in [0.2, 0.25) is 0 Å². The molecule has 0 saturated carbocycles. The summed E-state index contributed by atoms with van der Waals surface area (Å²) in [7, 11) is 0. The number of hydrogen-bond acceptors (Lipinski definition) is 4. The highest BCUT2D eigenvalue weighted by atomic mass is 16.5. The minimum atomic E-state index is -0.0749. The average molecular weight is 288 g/mol. The second-order valence-corrected chi connectivity index (χ2v) is 5.97. The van der Waals surface area contributed by atoms with Gasteiger partial charge in [-0.15, -0.1) is 0 Å². The summed E-state index contributed by atoms with van der Waals surface area (Å²) in [6.45, 7) is 7.52. The molecule has 0 radical (unpaired) electrons. The van der Waals surface area contributed by atoms with Crippen molar-refractivity contribution in [2.24, 2.45) is 0 Å². The molecule has 0 bridgehead atoms. The van der Waals surface area contributed by atoms with Crippen molar-refractivity contribution in [1.82, 2.24) is 20.3 Å². The van der Waals surface area contributed by atoms with Crippen LogP contribution in [0.4, 0.5) is 0 Å². The van der Waals surface area contributed by atoms with Gasteiger partial charge in [-0.05, 0) is 24.8 Å². The predicted molar refractivity (Wildman–Crippen MR) is 77.2 cm³/mol. The van der Waals surface area contributed by atoms with E-state index in [4.69, 9.17) is 4.52 Å². The zero-order valence-corrected chi connectivity index (χ0v) is 12.6. The number of aromatic amines is 1. The maximum absolute atomic E-state index is 12.4. The molecule has 6 nitrogen and oxygen atoms in total. The molecule has 112 valence electrons. The van der Waals surface area contributed by atoms with E-state index in [0.717, 1.165) is 29.9 Å². The van der Waals surface area contributed by atoms with Gasteiger partial charge in [0.05, 0.1) is 11.9 Å². The molecule has 1 N–H and O–H groups in total. The minimum absolute atomic E-state index is 0.0749. The summed E-state index contributed by atoms with van der Waals surface area (Å²) in [4.78, 5) is 14.3. The van der Waals surface area contributed by atoms with Gasteiger partial charge in [0.15, 0.2) is 0 Å². The van der Waals surface area contributed by atoms with Gasteiger partial charge in [-0.25, -0.2) is 0 Å². The van der Waals surface area contributed by atoms with Crippen molar-refractivity contribution in [1.29, 1.82) is 0 Å². The summed E-state index contributed by atoms with van der Waals surface area (Å²) in [5.41, 5.74) is 3.10. The van der Waals surface area contributed by atoms with Crippen LogP contribution in [0, 0.1) is 6.92 Å². The SMILES string of the molecule is Cc1cn[nH]c1C1CCN(C(=O)c2cc(C(C)C)no2)C1. The summed E-state index contributed by atoms with van der Waals surface area (Å²) in [6, 6.07) is 1.75. The summed E-state index contributed by atoms with van der Waals surface area (Å²) in [5, 5.41) is 11.1. The molecule has 2 aromatic heterocycles. The third-order valence-electron chi connectivity index (χ3n) is 4.08. The molecule has 0 aliphatic carbocycles. The zero-order chi connectivity index (χ0) is 15.0. The van der Waals surface area contributed by atoms with Crippen LogP contribution in [0.1, 0.15) is 59.6 Å². The zero-order valence-electron chi connectivity index (χ0n) is 12.6. The molecule has 2 aromatic rings. The van der Waals surface area contributed by atoms with E-state index in [0.29, 0.717) is 18.2 Å². The second kappa shape index (κ2) is 5.35. The van der Waals surface area contributed by atoms with Crippen molar-refractivity contribution in [2.45, 2.75) is 39.0 Å². The number of carbonyl (C=O) groups is 1. The van der Waals surface area contributed by atoms with Crippen molar-refractivity contribution in [3.63, 3.8) is 0 Å². The minimum Gasteiger partial charge on any atom is -0.351 e. The lowest BCUT2D eigenvalue weighted by Gasteiger charge is -2.14. The van der Waals surface area contributed by atoms with Crippen molar-refractivity contribution >= 4 is 5.91 Å². The third-order valence-corrected chi connectivity index (χ3v) is 4.08. The van der Waals surface area contributed by atoms with Gasteiger partial charge in [0.25, 0.3) is 5.91 Å². The fourth-order valence-electron chi connectivity index (χ4n) is 2.77. The highest BCUT2D eigenvalue weighted by molar-refractivity contribution is 5.91. The highest BCUT2D eigenvalue weighted by Gasteiger charge is 2.31. The molecule has 0 aromatic carbocycles. The van der Waals surface area contributed by atoms with Crippen molar-refractivity contribution in [3.05, 3.63) is 35.0 Å². The first-order valence-corrected chi connectivity index (χ1v) is 7.32. The molecule has 1 atom stereocenters. The van der Waals surface area contributed by atoms with Gasteiger partial charge < -0.3 is 9.42 Å². The van der Waals surface area contributed by atoms with E-state index in [2.05, 4.69) is 15.4 Å². The highest BCUT2D eigenvalue weighted by Crippen LogP contribution is 2.29. The summed E-state index contributed by atoms with van der Waals surface area (Å²) in [6.07, 6.45) is 2.77. The van der Waals surface area contributed by atoms with Gasteiger partial charge >= 0.3 is 0 Å². The Kier molecular flexibility index (Phi) is 3.53. The molecule has 6 heteroatoms. The molecule has 1 amide bonds. The van der Waals surface area contributed by atoms with Crippen molar-refractivity contribution in [2.75, 3.05) is 13.1 Å². The average Bonchev–Trinajstić information content (AvgIpc) is 3.17. The fraction of sp³-hybridized carbons (Fsp3) is 0.533. The fourth-order valence-corrected chi connectivity index (χ4v) is 2.77. The summed E-state index contributed by atoms with van der Waals surface area (Å²) < 4.78 is 5.19. The quantitative estimate of drug-likeness (QED) is 0.941. The Morgan fingerprint density at radius 1 is 1.52 bits per heavy atom. The Labute approximate surface area is 123 Å². The van der Waals surface area contributed by atoms with Gasteiger partial charge in [0.1, 0.15) is 0 Å². The Morgan fingerprint density at radius 3 is 2.95 bits per heavy atom. The van der Waals surface area contributed by atoms with Gasteiger partial charge in [-0.2, -0.15) is 5.10 Å². The Balaban J connectivity index is 1.70. The third kappa shape index (κ3) is 2.57. The molecule has 1 aliphatic heterocycles. The summed E-state index contributed by atoms with van der Waals surface area (Å²) >= 11 is 0. The van der Waals surface area contributed by atoms with Crippen LogP contribution in [0.25, 0.3) is 0 Å². The first-order chi connectivity index (χ1) is 10.1. The van der Waals surface area contributed by atoms with E-state index in [-0.39, 0.29) is 11.8 Å². The smallest absolute Gasteiger partial charge is 0.292 e. The van der Waals surface area contributed by atoms with Gasteiger partial charge in [0, 0.05) is 30.8 Å². The van der Waals surface area contributed by atoms with Crippen LogP contribution < -0.4 is 0 Å². The number of amides is 1. The van der Waals surface area contributed by atoms with Crippen LogP contribution in [0.5, 0.6) is 0 Å². The first-order valence-electron chi connectivity index (χ1n) is 7.32. The first kappa shape index (κ1) is 13.9. The normalized spacial score (nSPS) is 18.7. The van der Waals surface area contributed by atoms with Crippen LogP contribution >= 0.6 is 0 Å². The van der Waals surface area contributed by atoms with Crippen LogP contribution in [0.15, 0.2) is 16.8 Å².